The molecule has 0 aromatic heterocycles. The van der Waals surface area contributed by atoms with E-state index in [2.05, 4.69) is 4.74 Å². The van der Waals surface area contributed by atoms with Crippen LogP contribution < -0.4 is 0 Å². The van der Waals surface area contributed by atoms with Gasteiger partial charge in [0, 0.05) is 6.42 Å². The van der Waals surface area contributed by atoms with E-state index in [9.17, 15) is 9.59 Å². The number of carbonyl (C=O) groups excluding carboxylic acids is 2. The first kappa shape index (κ1) is 14.5. The van der Waals surface area contributed by atoms with Gasteiger partial charge in [0.1, 0.15) is 11.7 Å². The van der Waals surface area contributed by atoms with Gasteiger partial charge in [-0.05, 0) is 33.3 Å². The largest absolute Gasteiger partial charge is 0.509 e. The predicted octanol–water partition coefficient (Wildman–Crippen LogP) is 2.45. The van der Waals surface area contributed by atoms with Gasteiger partial charge in [0.2, 0.25) is 0 Å². The third kappa shape index (κ3) is 4.77. The van der Waals surface area contributed by atoms with E-state index in [0.717, 1.165) is 0 Å². The normalized spacial score (nSPS) is 23.3. The van der Waals surface area contributed by atoms with Gasteiger partial charge in [-0.3, -0.25) is 4.79 Å². The number of esters is 1. The van der Waals surface area contributed by atoms with Gasteiger partial charge in [-0.25, -0.2) is 4.79 Å². The van der Waals surface area contributed by atoms with Crippen molar-refractivity contribution in [3.63, 3.8) is 0 Å². The van der Waals surface area contributed by atoms with E-state index in [-0.39, 0.29) is 11.9 Å². The second-order valence-corrected chi connectivity index (χ2v) is 5.24. The SMILES string of the molecule is COC(=O)[C@@H]1CC=C[C@H](OC(=O)OC(C)(C)C)C1. The summed E-state index contributed by atoms with van der Waals surface area (Å²) in [6.45, 7) is 5.30. The molecule has 0 N–H and O–H groups in total. The first-order chi connectivity index (χ1) is 8.31. The van der Waals surface area contributed by atoms with Gasteiger partial charge >= 0.3 is 12.1 Å². The molecular weight excluding hydrogens is 236 g/mol. The van der Waals surface area contributed by atoms with E-state index < -0.39 is 17.9 Å². The molecule has 0 saturated carbocycles. The van der Waals surface area contributed by atoms with Crippen LogP contribution in [0.3, 0.4) is 0 Å². The molecule has 0 unspecified atom stereocenters. The summed E-state index contributed by atoms with van der Waals surface area (Å²) in [5, 5.41) is 0. The third-order valence-electron chi connectivity index (χ3n) is 2.46. The highest BCUT2D eigenvalue weighted by molar-refractivity contribution is 5.73. The van der Waals surface area contributed by atoms with Crippen LogP contribution in [0.5, 0.6) is 0 Å². The lowest BCUT2D eigenvalue weighted by molar-refractivity contribution is -0.146. The molecule has 5 heteroatoms. The fraction of sp³-hybridized carbons (Fsp3) is 0.692. The Bertz CT molecular complexity index is 340. The van der Waals surface area contributed by atoms with Crippen molar-refractivity contribution in [2.75, 3.05) is 7.11 Å². The summed E-state index contributed by atoms with van der Waals surface area (Å²) in [6, 6.07) is 0. The Labute approximate surface area is 107 Å². The van der Waals surface area contributed by atoms with Gasteiger partial charge in [-0.15, -0.1) is 0 Å². The zero-order chi connectivity index (χ0) is 13.8. The number of ether oxygens (including phenoxy) is 3. The van der Waals surface area contributed by atoms with Crippen LogP contribution in [0.4, 0.5) is 4.79 Å². The van der Waals surface area contributed by atoms with Crippen molar-refractivity contribution >= 4 is 12.1 Å². The molecule has 0 aromatic carbocycles. The highest BCUT2D eigenvalue weighted by Gasteiger charge is 2.28. The van der Waals surface area contributed by atoms with Crippen LogP contribution in [0.15, 0.2) is 12.2 Å². The minimum atomic E-state index is -0.720. The smallest absolute Gasteiger partial charge is 0.469 e. The van der Waals surface area contributed by atoms with Gasteiger partial charge < -0.3 is 14.2 Å². The molecule has 1 aliphatic rings. The van der Waals surface area contributed by atoms with Crippen molar-refractivity contribution in [3.05, 3.63) is 12.2 Å². The van der Waals surface area contributed by atoms with E-state index in [1.54, 1.807) is 26.8 Å². The van der Waals surface area contributed by atoms with E-state index >= 15 is 0 Å². The van der Waals surface area contributed by atoms with Crippen LogP contribution in [0.1, 0.15) is 33.6 Å². The topological polar surface area (TPSA) is 61.8 Å². The van der Waals surface area contributed by atoms with Crippen LogP contribution in [-0.2, 0) is 19.0 Å². The zero-order valence-electron chi connectivity index (χ0n) is 11.3. The summed E-state index contributed by atoms with van der Waals surface area (Å²) < 4.78 is 14.9. The molecule has 0 fully saturated rings. The number of hydrogen-bond acceptors (Lipinski definition) is 5. The van der Waals surface area contributed by atoms with Crippen LogP contribution in [0, 0.1) is 5.92 Å². The van der Waals surface area contributed by atoms with Crippen molar-refractivity contribution in [2.45, 2.75) is 45.3 Å². The molecule has 2 atom stereocenters. The van der Waals surface area contributed by atoms with Gasteiger partial charge in [0.15, 0.2) is 0 Å². The molecule has 0 aliphatic heterocycles. The molecule has 0 saturated heterocycles. The highest BCUT2D eigenvalue weighted by Crippen LogP contribution is 2.23. The average molecular weight is 256 g/mol. The quantitative estimate of drug-likeness (QED) is 0.561. The Morgan fingerprint density at radius 1 is 1.28 bits per heavy atom. The fourth-order valence-corrected chi connectivity index (χ4v) is 1.69. The number of hydrogen-bond donors (Lipinski definition) is 0. The molecular formula is C13H20O5. The summed E-state index contributed by atoms with van der Waals surface area (Å²) in [5.41, 5.74) is -0.586. The van der Waals surface area contributed by atoms with E-state index in [0.29, 0.717) is 12.8 Å². The average Bonchev–Trinajstić information content (AvgIpc) is 2.25. The first-order valence-electron chi connectivity index (χ1n) is 5.96. The molecule has 1 aliphatic carbocycles. The lowest BCUT2D eigenvalue weighted by Gasteiger charge is -2.25. The van der Waals surface area contributed by atoms with Crippen LogP contribution in [0.2, 0.25) is 0 Å². The van der Waals surface area contributed by atoms with Crippen LogP contribution in [0.25, 0.3) is 0 Å². The molecule has 0 aromatic rings. The maximum absolute atomic E-state index is 11.5. The predicted molar refractivity (Wildman–Crippen MR) is 65.0 cm³/mol. The monoisotopic (exact) mass is 256 g/mol. The Kier molecular flexibility index (Phi) is 4.76. The van der Waals surface area contributed by atoms with E-state index in [4.69, 9.17) is 9.47 Å². The van der Waals surface area contributed by atoms with Gasteiger partial charge in [0.05, 0.1) is 13.0 Å². The maximum Gasteiger partial charge on any atom is 0.509 e. The summed E-state index contributed by atoms with van der Waals surface area (Å²) in [7, 11) is 1.35. The Hall–Kier alpha value is -1.52. The summed E-state index contributed by atoms with van der Waals surface area (Å²) in [4.78, 5) is 22.9. The standard InChI is InChI=1S/C13H20O5/c1-13(2,3)18-12(15)17-10-7-5-6-9(8-10)11(14)16-4/h5,7,9-10H,6,8H2,1-4H3/t9-,10+/m1/s1. The fourth-order valence-electron chi connectivity index (χ4n) is 1.69. The molecule has 102 valence electrons. The van der Waals surface area contributed by atoms with Gasteiger partial charge in [-0.1, -0.05) is 6.08 Å². The molecule has 1 rings (SSSR count). The van der Waals surface area contributed by atoms with Gasteiger partial charge in [-0.2, -0.15) is 0 Å². The summed E-state index contributed by atoms with van der Waals surface area (Å²) >= 11 is 0. The van der Waals surface area contributed by atoms with Crippen LogP contribution in [-0.4, -0.2) is 30.9 Å². The van der Waals surface area contributed by atoms with Crippen molar-refractivity contribution in [1.29, 1.82) is 0 Å². The first-order valence-corrected chi connectivity index (χ1v) is 5.96. The second kappa shape index (κ2) is 5.89. The summed E-state index contributed by atoms with van der Waals surface area (Å²) in [6.07, 6.45) is 3.48. The van der Waals surface area contributed by atoms with E-state index in [1.165, 1.54) is 7.11 Å². The molecule has 5 nitrogen and oxygen atoms in total. The highest BCUT2D eigenvalue weighted by atomic mass is 16.7. The zero-order valence-corrected chi connectivity index (χ0v) is 11.3. The lowest BCUT2D eigenvalue weighted by Crippen LogP contribution is -2.30. The molecule has 18 heavy (non-hydrogen) atoms. The number of allylic oxidation sites excluding steroid dienone is 1. The molecule has 0 bridgehead atoms. The Morgan fingerprint density at radius 2 is 1.94 bits per heavy atom. The molecule has 0 spiro atoms. The number of carbonyl (C=O) groups is 2. The number of methoxy groups -OCH3 is 1. The van der Waals surface area contributed by atoms with Crippen molar-refractivity contribution in [2.24, 2.45) is 5.92 Å². The van der Waals surface area contributed by atoms with Crippen molar-refractivity contribution < 1.29 is 23.8 Å². The minimum Gasteiger partial charge on any atom is -0.469 e. The molecule has 0 radical (unpaired) electrons. The Balaban J connectivity index is 2.48. The van der Waals surface area contributed by atoms with E-state index in [1.807, 2.05) is 6.08 Å². The Morgan fingerprint density at radius 3 is 2.50 bits per heavy atom. The van der Waals surface area contributed by atoms with Crippen molar-refractivity contribution in [3.8, 4) is 0 Å². The van der Waals surface area contributed by atoms with Crippen LogP contribution >= 0.6 is 0 Å². The maximum atomic E-state index is 11.5. The molecule has 0 amide bonds. The van der Waals surface area contributed by atoms with Crippen molar-refractivity contribution in [1.82, 2.24) is 0 Å². The second-order valence-electron chi connectivity index (χ2n) is 5.24. The molecule has 0 heterocycles. The lowest BCUT2D eigenvalue weighted by atomic mass is 9.93. The third-order valence-corrected chi connectivity index (χ3v) is 2.46. The number of rotatable bonds is 2. The minimum absolute atomic E-state index is 0.257. The summed E-state index contributed by atoms with van der Waals surface area (Å²) in [5.74, 6) is -0.537. The van der Waals surface area contributed by atoms with Gasteiger partial charge in [0.25, 0.3) is 0 Å².